The largest absolute Gasteiger partial charge is 0.386 e. The van der Waals surface area contributed by atoms with Crippen LogP contribution in [0.25, 0.3) is 0 Å². The molecule has 0 radical (unpaired) electrons. The van der Waals surface area contributed by atoms with Crippen molar-refractivity contribution >= 4 is 0 Å². The van der Waals surface area contributed by atoms with Gasteiger partial charge < -0.3 is 5.32 Å². The average Bonchev–Trinajstić information content (AvgIpc) is 1.83. The van der Waals surface area contributed by atoms with E-state index in [1.54, 1.807) is 0 Å². The first-order valence-corrected chi connectivity index (χ1v) is 4.91. The molecule has 1 N–H and O–H groups in total. The predicted molar refractivity (Wildman–Crippen MR) is 56.0 cm³/mol. The van der Waals surface area contributed by atoms with Crippen LogP contribution in [0.1, 0.15) is 41.5 Å². The summed E-state index contributed by atoms with van der Waals surface area (Å²) in [6.07, 6.45) is 2.31. The van der Waals surface area contributed by atoms with E-state index in [0.29, 0.717) is 17.9 Å². The molecule has 0 aliphatic carbocycles. The first-order chi connectivity index (χ1) is 5.43. The number of rotatable bonds is 4. The maximum absolute atomic E-state index is 3.47. The zero-order valence-electron chi connectivity index (χ0n) is 9.31. The van der Waals surface area contributed by atoms with Crippen LogP contribution in [0.2, 0.25) is 0 Å². The van der Waals surface area contributed by atoms with Crippen molar-refractivity contribution in [1.82, 2.24) is 5.32 Å². The van der Waals surface area contributed by atoms with Crippen molar-refractivity contribution in [3.63, 3.8) is 0 Å². The van der Waals surface area contributed by atoms with Gasteiger partial charge in [-0.25, -0.2) is 0 Å². The van der Waals surface area contributed by atoms with Gasteiger partial charge in [0.15, 0.2) is 0 Å². The first-order valence-electron chi connectivity index (χ1n) is 4.91. The number of nitrogens with one attached hydrogen (secondary N) is 1. The Morgan fingerprint density at radius 2 is 1.50 bits per heavy atom. The van der Waals surface area contributed by atoms with E-state index in [0.717, 1.165) is 0 Å². The van der Waals surface area contributed by atoms with Crippen molar-refractivity contribution in [2.75, 3.05) is 0 Å². The lowest BCUT2D eigenvalue weighted by atomic mass is 10.1. The molecule has 0 amide bonds. The Balaban J connectivity index is 4.23. The van der Waals surface area contributed by atoms with E-state index >= 15 is 0 Å². The Hall–Kier alpha value is -0.460. The Labute approximate surface area is 77.2 Å². The molecule has 0 fully saturated rings. The number of allylic oxidation sites excluding steroid dienone is 2. The highest BCUT2D eigenvalue weighted by Crippen LogP contribution is 2.10. The van der Waals surface area contributed by atoms with Crippen molar-refractivity contribution < 1.29 is 0 Å². The van der Waals surface area contributed by atoms with Gasteiger partial charge >= 0.3 is 0 Å². The summed E-state index contributed by atoms with van der Waals surface area (Å²) >= 11 is 0. The summed E-state index contributed by atoms with van der Waals surface area (Å²) in [5.74, 6) is 1.24. The zero-order chi connectivity index (χ0) is 9.72. The van der Waals surface area contributed by atoms with Crippen LogP contribution in [-0.2, 0) is 0 Å². The van der Waals surface area contributed by atoms with Gasteiger partial charge in [0.25, 0.3) is 0 Å². The van der Waals surface area contributed by atoms with E-state index in [1.165, 1.54) is 5.70 Å². The molecule has 0 spiro atoms. The van der Waals surface area contributed by atoms with E-state index in [9.17, 15) is 0 Å². The normalized spacial score (nSPS) is 13.2. The third kappa shape index (κ3) is 5.22. The van der Waals surface area contributed by atoms with Gasteiger partial charge in [-0.2, -0.15) is 0 Å². The summed E-state index contributed by atoms with van der Waals surface area (Å²) < 4.78 is 0. The van der Waals surface area contributed by atoms with Crippen molar-refractivity contribution in [1.29, 1.82) is 0 Å². The summed E-state index contributed by atoms with van der Waals surface area (Å²) in [7, 11) is 0. The third-order valence-electron chi connectivity index (χ3n) is 1.59. The topological polar surface area (TPSA) is 12.0 Å². The van der Waals surface area contributed by atoms with Crippen LogP contribution in [0.4, 0.5) is 0 Å². The molecule has 0 heterocycles. The van der Waals surface area contributed by atoms with E-state index in [4.69, 9.17) is 0 Å². The van der Waals surface area contributed by atoms with Crippen molar-refractivity contribution in [2.24, 2.45) is 11.8 Å². The second-order valence-corrected chi connectivity index (χ2v) is 4.32. The summed E-state index contributed by atoms with van der Waals surface area (Å²) in [6, 6.07) is 0.539. The summed E-state index contributed by atoms with van der Waals surface area (Å²) in [6.45, 7) is 13.2. The quantitative estimate of drug-likeness (QED) is 0.681. The molecule has 0 atom stereocenters. The summed E-state index contributed by atoms with van der Waals surface area (Å²) in [5, 5.41) is 3.47. The molecule has 12 heavy (non-hydrogen) atoms. The van der Waals surface area contributed by atoms with Crippen LogP contribution in [0, 0.1) is 11.8 Å². The van der Waals surface area contributed by atoms with E-state index < -0.39 is 0 Å². The minimum atomic E-state index is 0.539. The van der Waals surface area contributed by atoms with Gasteiger partial charge in [0.05, 0.1) is 0 Å². The van der Waals surface area contributed by atoms with Crippen LogP contribution < -0.4 is 5.32 Å². The Morgan fingerprint density at radius 3 is 1.75 bits per heavy atom. The molecule has 0 rings (SSSR count). The lowest BCUT2D eigenvalue weighted by Gasteiger charge is -2.18. The Morgan fingerprint density at radius 1 is 1.00 bits per heavy atom. The highest BCUT2D eigenvalue weighted by Gasteiger charge is 2.04. The highest BCUT2D eigenvalue weighted by molar-refractivity contribution is 5.04. The molecular weight excluding hydrogens is 146 g/mol. The fourth-order valence-electron chi connectivity index (χ4n) is 1.10. The van der Waals surface area contributed by atoms with Crippen LogP contribution in [0.15, 0.2) is 11.8 Å². The van der Waals surface area contributed by atoms with E-state index in [-0.39, 0.29) is 0 Å². The third-order valence-corrected chi connectivity index (χ3v) is 1.59. The van der Waals surface area contributed by atoms with Crippen LogP contribution >= 0.6 is 0 Å². The van der Waals surface area contributed by atoms with Gasteiger partial charge in [-0.15, -0.1) is 0 Å². The van der Waals surface area contributed by atoms with Crippen LogP contribution in [0.5, 0.6) is 0 Å². The molecule has 1 nitrogen and oxygen atoms in total. The number of hydrogen-bond donors (Lipinski definition) is 1. The average molecular weight is 169 g/mol. The van der Waals surface area contributed by atoms with Crippen LogP contribution in [0.3, 0.4) is 0 Å². The van der Waals surface area contributed by atoms with Gasteiger partial charge in [-0.1, -0.05) is 33.8 Å². The molecule has 1 heteroatoms. The maximum Gasteiger partial charge on any atom is 0.0201 e. The molecule has 0 aromatic rings. The zero-order valence-corrected chi connectivity index (χ0v) is 9.31. The molecular formula is C11H23N. The standard InChI is InChI=1S/C11H23N/c1-8(2)7-11(9(3)4)12-10(5)6/h7-10,12H,1-6H3/b11-7+. The lowest BCUT2D eigenvalue weighted by Crippen LogP contribution is -2.25. The smallest absolute Gasteiger partial charge is 0.0201 e. The minimum absolute atomic E-state index is 0.539. The van der Waals surface area contributed by atoms with Crippen molar-refractivity contribution in [3.05, 3.63) is 11.8 Å². The first kappa shape index (κ1) is 11.5. The maximum atomic E-state index is 3.47. The molecule has 72 valence electrons. The summed E-state index contributed by atoms with van der Waals surface area (Å²) in [4.78, 5) is 0. The van der Waals surface area contributed by atoms with E-state index in [1.807, 2.05) is 0 Å². The fourth-order valence-corrected chi connectivity index (χ4v) is 1.10. The molecule has 0 aromatic heterocycles. The molecule has 0 aliphatic heterocycles. The van der Waals surface area contributed by atoms with Crippen molar-refractivity contribution in [3.8, 4) is 0 Å². The Kier molecular flexibility index (Phi) is 5.03. The van der Waals surface area contributed by atoms with Gasteiger partial charge in [-0.05, 0) is 25.7 Å². The predicted octanol–water partition coefficient (Wildman–Crippen LogP) is 3.18. The highest BCUT2D eigenvalue weighted by atomic mass is 14.9. The molecule has 0 aliphatic rings. The van der Waals surface area contributed by atoms with Gasteiger partial charge in [-0.3, -0.25) is 0 Å². The number of hydrogen-bond acceptors (Lipinski definition) is 1. The Bertz CT molecular complexity index is 143. The molecule has 0 unspecified atom stereocenters. The van der Waals surface area contributed by atoms with Crippen molar-refractivity contribution in [2.45, 2.75) is 47.6 Å². The van der Waals surface area contributed by atoms with E-state index in [2.05, 4.69) is 52.9 Å². The fraction of sp³-hybridized carbons (Fsp3) is 0.818. The molecule has 0 saturated carbocycles. The molecule has 0 bridgehead atoms. The van der Waals surface area contributed by atoms with Crippen LogP contribution in [-0.4, -0.2) is 6.04 Å². The second-order valence-electron chi connectivity index (χ2n) is 4.32. The van der Waals surface area contributed by atoms with Gasteiger partial charge in [0.2, 0.25) is 0 Å². The lowest BCUT2D eigenvalue weighted by molar-refractivity contribution is 0.577. The van der Waals surface area contributed by atoms with Gasteiger partial charge in [0, 0.05) is 11.7 Å². The molecule has 0 aromatic carbocycles. The molecule has 0 saturated heterocycles. The van der Waals surface area contributed by atoms with Gasteiger partial charge in [0.1, 0.15) is 0 Å². The minimum Gasteiger partial charge on any atom is -0.386 e. The SMILES string of the molecule is CC(C)/C=C(/NC(C)C)C(C)C. The second kappa shape index (κ2) is 5.23. The summed E-state index contributed by atoms with van der Waals surface area (Å²) in [5.41, 5.74) is 1.38. The monoisotopic (exact) mass is 169 g/mol.